The Bertz CT molecular complexity index is 872. The van der Waals surface area contributed by atoms with Crippen LogP contribution in [-0.2, 0) is 28.6 Å². The number of carbonyl (C=O) groups excluding carboxylic acids is 3. The summed E-state index contributed by atoms with van der Waals surface area (Å²) in [7, 11) is 0. The van der Waals surface area contributed by atoms with E-state index in [0.29, 0.717) is 19.3 Å². The van der Waals surface area contributed by atoms with Crippen molar-refractivity contribution in [3.8, 4) is 0 Å². The predicted molar refractivity (Wildman–Crippen MR) is 238 cm³/mol. The summed E-state index contributed by atoms with van der Waals surface area (Å²) in [5.41, 5.74) is 0. The van der Waals surface area contributed by atoms with Crippen molar-refractivity contribution in [3.63, 3.8) is 0 Å². The first-order valence-electron chi connectivity index (χ1n) is 24.7. The molecule has 0 aliphatic rings. The van der Waals surface area contributed by atoms with E-state index in [2.05, 4.69) is 41.5 Å². The minimum atomic E-state index is -0.763. The van der Waals surface area contributed by atoms with Gasteiger partial charge in [0.25, 0.3) is 0 Å². The molecule has 0 spiro atoms. The maximum Gasteiger partial charge on any atom is 0.306 e. The number of unbranched alkanes of at least 4 members (excludes halogenated alkanes) is 24. The summed E-state index contributed by atoms with van der Waals surface area (Å²) >= 11 is 0. The van der Waals surface area contributed by atoms with Crippen LogP contribution in [0.5, 0.6) is 0 Å². The van der Waals surface area contributed by atoms with Crippen molar-refractivity contribution in [2.75, 3.05) is 13.2 Å². The maximum absolute atomic E-state index is 12.7. The van der Waals surface area contributed by atoms with Gasteiger partial charge in [0.05, 0.1) is 0 Å². The summed E-state index contributed by atoms with van der Waals surface area (Å²) in [6, 6.07) is 0. The van der Waals surface area contributed by atoms with E-state index in [0.717, 1.165) is 75.5 Å². The van der Waals surface area contributed by atoms with E-state index in [9.17, 15) is 14.4 Å². The number of carbonyl (C=O) groups is 3. The molecule has 0 fully saturated rings. The Balaban J connectivity index is 4.35. The Morgan fingerprint density at radius 3 is 0.929 bits per heavy atom. The SMILES string of the molecule is CCC(C)CCCCCCCCCCC(=O)OC[C@@H](COC(=O)CCCCCCCCCCCCCC(C)C)OC(=O)CCCCCCCCCCC(C)CC. The lowest BCUT2D eigenvalue weighted by atomic mass is 9.99. The Morgan fingerprint density at radius 2 is 0.625 bits per heavy atom. The van der Waals surface area contributed by atoms with E-state index in [4.69, 9.17) is 14.2 Å². The normalized spacial score (nSPS) is 13.1. The number of hydrogen-bond acceptors (Lipinski definition) is 6. The van der Waals surface area contributed by atoms with Crippen molar-refractivity contribution < 1.29 is 28.6 Å². The first kappa shape index (κ1) is 54.4. The highest BCUT2D eigenvalue weighted by atomic mass is 16.6. The molecule has 0 bridgehead atoms. The molecule has 0 amide bonds. The number of esters is 3. The Labute approximate surface area is 348 Å². The van der Waals surface area contributed by atoms with Crippen molar-refractivity contribution in [2.45, 2.75) is 272 Å². The van der Waals surface area contributed by atoms with Crippen molar-refractivity contribution in [3.05, 3.63) is 0 Å². The highest BCUT2D eigenvalue weighted by molar-refractivity contribution is 5.71. The summed E-state index contributed by atoms with van der Waals surface area (Å²) in [4.78, 5) is 37.9. The molecule has 0 saturated heterocycles. The van der Waals surface area contributed by atoms with Gasteiger partial charge >= 0.3 is 17.9 Å². The summed E-state index contributed by atoms with van der Waals surface area (Å²) in [5, 5.41) is 0. The molecule has 0 rings (SSSR count). The van der Waals surface area contributed by atoms with Gasteiger partial charge in [-0.05, 0) is 37.0 Å². The molecule has 332 valence electrons. The highest BCUT2D eigenvalue weighted by Gasteiger charge is 2.19. The molecule has 6 heteroatoms. The zero-order chi connectivity index (χ0) is 41.3. The van der Waals surface area contributed by atoms with Gasteiger partial charge in [-0.15, -0.1) is 0 Å². The lowest BCUT2D eigenvalue weighted by Crippen LogP contribution is -2.30. The minimum Gasteiger partial charge on any atom is -0.462 e. The Hall–Kier alpha value is -1.59. The first-order valence-corrected chi connectivity index (χ1v) is 24.7. The van der Waals surface area contributed by atoms with Crippen molar-refractivity contribution in [1.29, 1.82) is 0 Å². The largest absolute Gasteiger partial charge is 0.462 e. The molecule has 0 aromatic heterocycles. The second-order valence-corrected chi connectivity index (χ2v) is 18.1. The van der Waals surface area contributed by atoms with E-state index < -0.39 is 6.10 Å². The second-order valence-electron chi connectivity index (χ2n) is 18.1. The monoisotopic (exact) mass is 793 g/mol. The second kappa shape index (κ2) is 41.6. The van der Waals surface area contributed by atoms with Gasteiger partial charge in [0.1, 0.15) is 13.2 Å². The predicted octanol–water partition coefficient (Wildman–Crippen LogP) is 15.6. The molecule has 0 saturated carbocycles. The fourth-order valence-electron chi connectivity index (χ4n) is 7.34. The van der Waals surface area contributed by atoms with Crippen molar-refractivity contribution in [1.82, 2.24) is 0 Å². The lowest BCUT2D eigenvalue weighted by molar-refractivity contribution is -0.167. The van der Waals surface area contributed by atoms with Crippen molar-refractivity contribution in [2.24, 2.45) is 17.8 Å². The fourth-order valence-corrected chi connectivity index (χ4v) is 7.34. The topological polar surface area (TPSA) is 78.9 Å². The molecule has 0 radical (unpaired) electrons. The average Bonchev–Trinajstić information content (AvgIpc) is 3.18. The van der Waals surface area contributed by atoms with E-state index >= 15 is 0 Å². The van der Waals surface area contributed by atoms with Gasteiger partial charge < -0.3 is 14.2 Å². The number of ether oxygens (including phenoxy) is 3. The van der Waals surface area contributed by atoms with Crippen LogP contribution >= 0.6 is 0 Å². The molecule has 0 heterocycles. The van der Waals surface area contributed by atoms with Crippen LogP contribution in [0.25, 0.3) is 0 Å². The van der Waals surface area contributed by atoms with Crippen LogP contribution < -0.4 is 0 Å². The lowest BCUT2D eigenvalue weighted by Gasteiger charge is -2.18. The van der Waals surface area contributed by atoms with Gasteiger partial charge in [-0.3, -0.25) is 14.4 Å². The van der Waals surface area contributed by atoms with Crippen LogP contribution in [0.2, 0.25) is 0 Å². The van der Waals surface area contributed by atoms with E-state index in [1.54, 1.807) is 0 Å². The van der Waals surface area contributed by atoms with Gasteiger partial charge in [-0.25, -0.2) is 0 Å². The van der Waals surface area contributed by atoms with Crippen LogP contribution in [0, 0.1) is 17.8 Å². The van der Waals surface area contributed by atoms with Crippen LogP contribution in [-0.4, -0.2) is 37.2 Å². The standard InChI is InChI=1S/C50H96O6/c1-7-45(5)37-31-25-19-14-16-22-28-34-40-49(52)55-43-47(56-50(53)41-35-29-23-17-15-20-26-32-38-46(6)8-2)42-54-48(51)39-33-27-21-13-11-9-10-12-18-24-30-36-44(3)4/h44-47H,7-43H2,1-6H3/t45?,46?,47-/m1/s1. The Kier molecular flexibility index (Phi) is 40.4. The highest BCUT2D eigenvalue weighted by Crippen LogP contribution is 2.18. The third-order valence-corrected chi connectivity index (χ3v) is 11.9. The van der Waals surface area contributed by atoms with Crippen LogP contribution in [0.15, 0.2) is 0 Å². The van der Waals surface area contributed by atoms with Gasteiger partial charge in [0, 0.05) is 19.3 Å². The maximum atomic E-state index is 12.7. The summed E-state index contributed by atoms with van der Waals surface area (Å²) < 4.78 is 16.8. The Morgan fingerprint density at radius 1 is 0.357 bits per heavy atom. The van der Waals surface area contributed by atoms with Gasteiger partial charge in [0.2, 0.25) is 0 Å². The number of hydrogen-bond donors (Lipinski definition) is 0. The molecule has 0 N–H and O–H groups in total. The summed E-state index contributed by atoms with van der Waals surface area (Å²) in [6.45, 7) is 13.7. The van der Waals surface area contributed by atoms with Crippen LogP contribution in [0.4, 0.5) is 0 Å². The molecule has 56 heavy (non-hydrogen) atoms. The van der Waals surface area contributed by atoms with Crippen molar-refractivity contribution >= 4 is 17.9 Å². The quantitative estimate of drug-likeness (QED) is 0.0348. The van der Waals surface area contributed by atoms with E-state index in [1.165, 1.54) is 148 Å². The van der Waals surface area contributed by atoms with E-state index in [-0.39, 0.29) is 31.1 Å². The molecule has 3 atom stereocenters. The zero-order valence-electron chi connectivity index (χ0n) is 38.4. The van der Waals surface area contributed by atoms with Gasteiger partial charge in [0.15, 0.2) is 6.10 Å². The average molecular weight is 793 g/mol. The fraction of sp³-hybridized carbons (Fsp3) is 0.940. The van der Waals surface area contributed by atoms with Crippen LogP contribution in [0.3, 0.4) is 0 Å². The molecule has 0 aliphatic carbocycles. The third kappa shape index (κ3) is 40.6. The van der Waals surface area contributed by atoms with Crippen LogP contribution in [0.1, 0.15) is 266 Å². The molecule has 0 aliphatic heterocycles. The first-order chi connectivity index (χ1) is 27.2. The zero-order valence-corrected chi connectivity index (χ0v) is 38.4. The molecular weight excluding hydrogens is 697 g/mol. The molecule has 2 unspecified atom stereocenters. The summed E-state index contributed by atoms with van der Waals surface area (Å²) in [5.74, 6) is 1.66. The molecule has 6 nitrogen and oxygen atoms in total. The van der Waals surface area contributed by atoms with E-state index in [1.807, 2.05) is 0 Å². The molecule has 0 aromatic carbocycles. The third-order valence-electron chi connectivity index (χ3n) is 11.9. The molecule has 0 aromatic rings. The summed E-state index contributed by atoms with van der Waals surface area (Å²) in [6.07, 6.45) is 39.3. The van der Waals surface area contributed by atoms with Gasteiger partial charge in [-0.1, -0.05) is 228 Å². The smallest absolute Gasteiger partial charge is 0.306 e. The van der Waals surface area contributed by atoms with Gasteiger partial charge in [-0.2, -0.15) is 0 Å². The minimum absolute atomic E-state index is 0.0658. The molecular formula is C50H96O6. The number of rotatable bonds is 43.